The zero-order valence-electron chi connectivity index (χ0n) is 8.63. The van der Waals surface area contributed by atoms with Gasteiger partial charge in [-0.15, -0.1) is 0 Å². The van der Waals surface area contributed by atoms with Crippen LogP contribution in [0, 0.1) is 0 Å². The average Bonchev–Trinajstić information content (AvgIpc) is 2.09. The maximum Gasteiger partial charge on any atom is 0.219 e. The highest BCUT2D eigenvalue weighted by Gasteiger charge is 2.14. The first-order valence-corrected chi connectivity index (χ1v) is 4.64. The highest BCUT2D eigenvalue weighted by molar-refractivity contribution is 5.73. The third-order valence-corrected chi connectivity index (χ3v) is 1.95. The van der Waals surface area contributed by atoms with Gasteiger partial charge in [-0.05, 0) is 7.05 Å². The van der Waals surface area contributed by atoms with Crippen LogP contribution in [0.4, 0.5) is 0 Å². The molecule has 12 heavy (non-hydrogen) atoms. The van der Waals surface area contributed by atoms with E-state index >= 15 is 0 Å². The van der Waals surface area contributed by atoms with Crippen molar-refractivity contribution in [3.63, 3.8) is 0 Å². The summed E-state index contributed by atoms with van der Waals surface area (Å²) in [6.07, 6.45) is 0. The van der Waals surface area contributed by atoms with Gasteiger partial charge in [-0.2, -0.15) is 0 Å². The summed E-state index contributed by atoms with van der Waals surface area (Å²) in [6, 6.07) is 0. The molecule has 0 unspecified atom stereocenters. The van der Waals surface area contributed by atoms with Crippen LogP contribution in [0.1, 0.15) is 20.8 Å². The lowest BCUT2D eigenvalue weighted by molar-refractivity contribution is -0.130. The van der Waals surface area contributed by atoms with Crippen molar-refractivity contribution < 1.29 is 4.79 Å². The van der Waals surface area contributed by atoms with Crippen molar-refractivity contribution in [1.29, 1.82) is 0 Å². The smallest absolute Gasteiger partial charge is 0.219 e. The molecule has 72 valence electrons. The van der Waals surface area contributed by atoms with Crippen LogP contribution in [0.25, 0.3) is 0 Å². The molecule has 1 aliphatic rings. The van der Waals surface area contributed by atoms with E-state index in [0.717, 1.165) is 26.2 Å². The van der Waals surface area contributed by atoms with Crippen LogP contribution in [-0.2, 0) is 4.79 Å². The minimum Gasteiger partial charge on any atom is -0.340 e. The summed E-state index contributed by atoms with van der Waals surface area (Å²) in [5.74, 6) is 0.202. The van der Waals surface area contributed by atoms with Crippen molar-refractivity contribution in [3.8, 4) is 0 Å². The van der Waals surface area contributed by atoms with E-state index in [-0.39, 0.29) is 5.91 Å². The molecule has 1 heterocycles. The van der Waals surface area contributed by atoms with E-state index in [0.29, 0.717) is 0 Å². The molecule has 0 saturated carbocycles. The minimum atomic E-state index is 0.202. The number of nitrogens with zero attached hydrogens (tertiary/aromatic N) is 2. The van der Waals surface area contributed by atoms with E-state index in [4.69, 9.17) is 0 Å². The summed E-state index contributed by atoms with van der Waals surface area (Å²) in [5, 5.41) is 0. The molecule has 1 amide bonds. The van der Waals surface area contributed by atoms with Crippen LogP contribution >= 0.6 is 0 Å². The quantitative estimate of drug-likeness (QED) is 0.540. The van der Waals surface area contributed by atoms with Gasteiger partial charge in [0.2, 0.25) is 5.91 Å². The Morgan fingerprint density at radius 1 is 1.08 bits per heavy atom. The second kappa shape index (κ2) is 6.00. The van der Waals surface area contributed by atoms with Gasteiger partial charge in [0.1, 0.15) is 0 Å². The Kier molecular flexibility index (Phi) is 5.72. The van der Waals surface area contributed by atoms with Gasteiger partial charge in [0.15, 0.2) is 0 Å². The van der Waals surface area contributed by atoms with E-state index in [2.05, 4.69) is 11.9 Å². The zero-order chi connectivity index (χ0) is 9.56. The van der Waals surface area contributed by atoms with Crippen molar-refractivity contribution >= 4 is 5.91 Å². The molecule has 1 rings (SSSR count). The Labute approximate surface area is 75.3 Å². The van der Waals surface area contributed by atoms with Crippen molar-refractivity contribution in [2.75, 3.05) is 33.2 Å². The number of carbonyl (C=O) groups excluding carboxylic acids is 1. The topological polar surface area (TPSA) is 23.6 Å². The second-order valence-corrected chi connectivity index (χ2v) is 2.81. The maximum absolute atomic E-state index is 10.8. The number of rotatable bonds is 0. The first-order chi connectivity index (χ1) is 5.70. The maximum atomic E-state index is 10.8. The molecule has 1 aliphatic heterocycles. The highest BCUT2D eigenvalue weighted by Crippen LogP contribution is 1.98. The molecule has 1 fully saturated rings. The van der Waals surface area contributed by atoms with Crippen LogP contribution in [0.3, 0.4) is 0 Å². The Morgan fingerprint density at radius 2 is 1.50 bits per heavy atom. The highest BCUT2D eigenvalue weighted by atomic mass is 16.2. The normalized spacial score (nSPS) is 18.2. The molecule has 3 nitrogen and oxygen atoms in total. The van der Waals surface area contributed by atoms with Gasteiger partial charge < -0.3 is 9.80 Å². The van der Waals surface area contributed by atoms with Gasteiger partial charge in [0.25, 0.3) is 0 Å². The minimum absolute atomic E-state index is 0.202. The monoisotopic (exact) mass is 172 g/mol. The van der Waals surface area contributed by atoms with Crippen LogP contribution in [0.5, 0.6) is 0 Å². The standard InChI is InChI=1S/C7H14N2O.C2H6/c1-7(10)9-5-3-8(2)4-6-9;1-2/h3-6H2,1-2H3;1-2H3. The zero-order valence-corrected chi connectivity index (χ0v) is 8.63. The molecule has 0 spiro atoms. The summed E-state index contributed by atoms with van der Waals surface area (Å²) >= 11 is 0. The number of amides is 1. The first kappa shape index (κ1) is 11.4. The second-order valence-electron chi connectivity index (χ2n) is 2.81. The van der Waals surface area contributed by atoms with E-state index in [9.17, 15) is 4.79 Å². The molecule has 0 radical (unpaired) electrons. The fourth-order valence-corrected chi connectivity index (χ4v) is 1.12. The molecule has 0 bridgehead atoms. The number of carbonyl (C=O) groups is 1. The molecular formula is C9H20N2O. The Morgan fingerprint density at radius 3 is 1.83 bits per heavy atom. The van der Waals surface area contributed by atoms with Gasteiger partial charge in [-0.1, -0.05) is 13.8 Å². The summed E-state index contributed by atoms with van der Waals surface area (Å²) in [4.78, 5) is 14.9. The molecule has 0 atom stereocenters. The van der Waals surface area contributed by atoms with Gasteiger partial charge in [-0.3, -0.25) is 4.79 Å². The number of hydrogen-bond acceptors (Lipinski definition) is 2. The van der Waals surface area contributed by atoms with E-state index in [1.54, 1.807) is 6.92 Å². The van der Waals surface area contributed by atoms with Crippen molar-refractivity contribution in [3.05, 3.63) is 0 Å². The summed E-state index contributed by atoms with van der Waals surface area (Å²) in [5.41, 5.74) is 0. The SMILES string of the molecule is CC.CC(=O)N1CCN(C)CC1. The van der Waals surface area contributed by atoms with Gasteiger partial charge in [0.05, 0.1) is 0 Å². The van der Waals surface area contributed by atoms with Crippen LogP contribution < -0.4 is 0 Å². The molecule has 0 aromatic heterocycles. The van der Waals surface area contributed by atoms with E-state index in [1.807, 2.05) is 18.7 Å². The molecule has 1 saturated heterocycles. The number of piperazine rings is 1. The fourth-order valence-electron chi connectivity index (χ4n) is 1.12. The van der Waals surface area contributed by atoms with Gasteiger partial charge in [-0.25, -0.2) is 0 Å². The molecule has 3 heteroatoms. The molecule has 0 aliphatic carbocycles. The molecule has 0 N–H and O–H groups in total. The third-order valence-electron chi connectivity index (χ3n) is 1.95. The largest absolute Gasteiger partial charge is 0.340 e. The van der Waals surface area contributed by atoms with Gasteiger partial charge >= 0.3 is 0 Å². The molecule has 0 aromatic carbocycles. The molecular weight excluding hydrogens is 152 g/mol. The predicted molar refractivity (Wildman–Crippen MR) is 51.1 cm³/mol. The van der Waals surface area contributed by atoms with Crippen molar-refractivity contribution in [1.82, 2.24) is 9.80 Å². The summed E-state index contributed by atoms with van der Waals surface area (Å²) < 4.78 is 0. The molecule has 0 aromatic rings. The Bertz CT molecular complexity index is 128. The van der Waals surface area contributed by atoms with Crippen molar-refractivity contribution in [2.45, 2.75) is 20.8 Å². The Balaban J connectivity index is 0.000000561. The summed E-state index contributed by atoms with van der Waals surface area (Å²) in [6.45, 7) is 9.45. The van der Waals surface area contributed by atoms with Crippen LogP contribution in [0.15, 0.2) is 0 Å². The van der Waals surface area contributed by atoms with Crippen LogP contribution in [0.2, 0.25) is 0 Å². The fraction of sp³-hybridized carbons (Fsp3) is 0.889. The lowest BCUT2D eigenvalue weighted by Crippen LogP contribution is -2.46. The Hall–Kier alpha value is -0.570. The number of hydrogen-bond donors (Lipinski definition) is 0. The third kappa shape index (κ3) is 3.72. The van der Waals surface area contributed by atoms with Crippen molar-refractivity contribution in [2.24, 2.45) is 0 Å². The van der Waals surface area contributed by atoms with E-state index < -0.39 is 0 Å². The average molecular weight is 172 g/mol. The van der Waals surface area contributed by atoms with Crippen LogP contribution in [-0.4, -0.2) is 48.9 Å². The summed E-state index contributed by atoms with van der Waals surface area (Å²) in [7, 11) is 2.08. The first-order valence-electron chi connectivity index (χ1n) is 4.64. The van der Waals surface area contributed by atoms with E-state index in [1.165, 1.54) is 0 Å². The lowest BCUT2D eigenvalue weighted by atomic mass is 10.3. The lowest BCUT2D eigenvalue weighted by Gasteiger charge is -2.31. The predicted octanol–water partition coefficient (Wildman–Crippen LogP) is 0.806. The number of likely N-dealkylation sites (N-methyl/N-ethyl adjacent to an activating group) is 1. The van der Waals surface area contributed by atoms with Gasteiger partial charge in [0, 0.05) is 33.1 Å².